The Kier molecular flexibility index (Phi) is 4.98. The first-order valence-electron chi connectivity index (χ1n) is 6.87. The van der Waals surface area contributed by atoms with Crippen molar-refractivity contribution in [3.63, 3.8) is 0 Å². The molecule has 1 aromatic rings. The number of ether oxygens (including phenoxy) is 2. The van der Waals surface area contributed by atoms with Gasteiger partial charge in [-0.2, -0.15) is 0 Å². The topological polar surface area (TPSA) is 64.6 Å². The van der Waals surface area contributed by atoms with Gasteiger partial charge in [-0.05, 0) is 31.9 Å². The molecule has 0 saturated heterocycles. The Morgan fingerprint density at radius 2 is 2.20 bits per heavy atom. The van der Waals surface area contributed by atoms with Gasteiger partial charge in [0.25, 0.3) is 0 Å². The first-order chi connectivity index (χ1) is 9.74. The number of benzene rings is 1. The van der Waals surface area contributed by atoms with Crippen LogP contribution in [0.4, 0.5) is 0 Å². The summed E-state index contributed by atoms with van der Waals surface area (Å²) in [5, 5.41) is 2.89. The molecular formula is C15H19NO4. The smallest absolute Gasteiger partial charge is 0.223 e. The maximum absolute atomic E-state index is 11.6. The van der Waals surface area contributed by atoms with Gasteiger partial charge in [0.15, 0.2) is 17.8 Å². The third-order valence-electron chi connectivity index (χ3n) is 2.95. The number of aldehydes is 1. The number of nitrogens with one attached hydrogen (secondary N) is 1. The molecule has 0 aromatic heterocycles. The summed E-state index contributed by atoms with van der Waals surface area (Å²) < 4.78 is 11.0. The second-order valence-corrected chi connectivity index (χ2v) is 4.67. The second-order valence-electron chi connectivity index (χ2n) is 4.67. The number of rotatable bonds is 8. The van der Waals surface area contributed by atoms with Gasteiger partial charge in [0.05, 0.1) is 25.2 Å². The molecule has 0 aliphatic heterocycles. The predicted octanol–water partition coefficient (Wildman–Crippen LogP) is 1.95. The van der Waals surface area contributed by atoms with E-state index in [9.17, 15) is 9.59 Å². The van der Waals surface area contributed by atoms with Crippen LogP contribution >= 0.6 is 0 Å². The molecule has 1 fully saturated rings. The molecule has 0 unspecified atom stereocenters. The van der Waals surface area contributed by atoms with E-state index in [0.29, 0.717) is 29.7 Å². The largest absolute Gasteiger partial charge is 0.490 e. The van der Waals surface area contributed by atoms with Crippen LogP contribution in [0.3, 0.4) is 0 Å². The summed E-state index contributed by atoms with van der Waals surface area (Å²) in [7, 11) is 0. The standard InChI is InChI=1S/C15H19NO4/c1-2-19-13-5-3-4-11(10-17)15(13)20-9-8-14(18)16-12-6-7-12/h3-5,10,12H,2,6-9H2,1H3,(H,16,18). The number of carbonyl (C=O) groups excluding carboxylic acids is 2. The van der Waals surface area contributed by atoms with E-state index >= 15 is 0 Å². The molecule has 1 saturated carbocycles. The van der Waals surface area contributed by atoms with Crippen LogP contribution < -0.4 is 14.8 Å². The molecule has 0 atom stereocenters. The Balaban J connectivity index is 1.92. The molecule has 5 nitrogen and oxygen atoms in total. The van der Waals surface area contributed by atoms with Gasteiger partial charge in [-0.1, -0.05) is 6.07 Å². The molecule has 1 N–H and O–H groups in total. The minimum absolute atomic E-state index is 0.0194. The molecule has 108 valence electrons. The fourth-order valence-corrected chi connectivity index (χ4v) is 1.82. The highest BCUT2D eigenvalue weighted by atomic mass is 16.5. The van der Waals surface area contributed by atoms with Crippen LogP contribution in [0.15, 0.2) is 18.2 Å². The van der Waals surface area contributed by atoms with Crippen molar-refractivity contribution in [2.45, 2.75) is 32.2 Å². The minimum Gasteiger partial charge on any atom is -0.490 e. The summed E-state index contributed by atoms with van der Waals surface area (Å²) >= 11 is 0. The van der Waals surface area contributed by atoms with Gasteiger partial charge in [0, 0.05) is 6.04 Å². The highest BCUT2D eigenvalue weighted by Crippen LogP contribution is 2.30. The van der Waals surface area contributed by atoms with E-state index in [-0.39, 0.29) is 18.9 Å². The molecule has 2 rings (SSSR count). The molecule has 1 aliphatic carbocycles. The molecule has 1 aliphatic rings. The van der Waals surface area contributed by atoms with E-state index in [1.54, 1.807) is 18.2 Å². The SMILES string of the molecule is CCOc1cccc(C=O)c1OCCC(=O)NC1CC1. The first kappa shape index (κ1) is 14.4. The van der Waals surface area contributed by atoms with Crippen LogP contribution in [-0.4, -0.2) is 31.4 Å². The van der Waals surface area contributed by atoms with Gasteiger partial charge < -0.3 is 14.8 Å². The lowest BCUT2D eigenvalue weighted by Crippen LogP contribution is -2.26. The van der Waals surface area contributed by atoms with Crippen LogP contribution in [-0.2, 0) is 4.79 Å². The van der Waals surface area contributed by atoms with E-state index in [4.69, 9.17) is 9.47 Å². The quantitative estimate of drug-likeness (QED) is 0.738. The molecule has 1 aromatic carbocycles. The van der Waals surface area contributed by atoms with Crippen molar-refractivity contribution in [3.8, 4) is 11.5 Å². The van der Waals surface area contributed by atoms with Crippen LogP contribution in [0.25, 0.3) is 0 Å². The maximum atomic E-state index is 11.6. The second kappa shape index (κ2) is 6.93. The van der Waals surface area contributed by atoms with Gasteiger partial charge in [-0.3, -0.25) is 9.59 Å². The predicted molar refractivity (Wildman–Crippen MR) is 74.3 cm³/mol. The zero-order valence-electron chi connectivity index (χ0n) is 11.6. The summed E-state index contributed by atoms with van der Waals surface area (Å²) in [5.74, 6) is 0.914. The Morgan fingerprint density at radius 3 is 2.85 bits per heavy atom. The van der Waals surface area contributed by atoms with Gasteiger partial charge in [0.2, 0.25) is 5.91 Å². The van der Waals surface area contributed by atoms with Crippen LogP contribution in [0.1, 0.15) is 36.5 Å². The zero-order chi connectivity index (χ0) is 14.4. The third-order valence-corrected chi connectivity index (χ3v) is 2.95. The highest BCUT2D eigenvalue weighted by Gasteiger charge is 2.23. The van der Waals surface area contributed by atoms with Gasteiger partial charge >= 0.3 is 0 Å². The van der Waals surface area contributed by atoms with Gasteiger partial charge in [-0.25, -0.2) is 0 Å². The summed E-state index contributed by atoms with van der Waals surface area (Å²) in [6, 6.07) is 5.50. The Labute approximate surface area is 118 Å². The third kappa shape index (κ3) is 3.98. The summed E-state index contributed by atoms with van der Waals surface area (Å²) in [5.41, 5.74) is 0.429. The van der Waals surface area contributed by atoms with Crippen molar-refractivity contribution in [2.24, 2.45) is 0 Å². The molecule has 1 amide bonds. The number of hydrogen-bond donors (Lipinski definition) is 1. The normalized spacial score (nSPS) is 13.7. The zero-order valence-corrected chi connectivity index (χ0v) is 11.6. The summed E-state index contributed by atoms with van der Waals surface area (Å²) in [6.45, 7) is 2.57. The van der Waals surface area contributed by atoms with Crippen molar-refractivity contribution in [1.82, 2.24) is 5.32 Å². The first-order valence-corrected chi connectivity index (χ1v) is 6.87. The summed E-state index contributed by atoms with van der Waals surface area (Å²) in [6.07, 6.45) is 3.13. The number of carbonyl (C=O) groups is 2. The van der Waals surface area contributed by atoms with Crippen molar-refractivity contribution in [2.75, 3.05) is 13.2 Å². The lowest BCUT2D eigenvalue weighted by atomic mass is 10.2. The van der Waals surface area contributed by atoms with E-state index in [1.165, 1.54) is 0 Å². The van der Waals surface area contributed by atoms with Crippen molar-refractivity contribution >= 4 is 12.2 Å². The van der Waals surface area contributed by atoms with Crippen molar-refractivity contribution in [1.29, 1.82) is 0 Å². The van der Waals surface area contributed by atoms with Gasteiger partial charge in [-0.15, -0.1) is 0 Å². The van der Waals surface area contributed by atoms with Crippen molar-refractivity contribution in [3.05, 3.63) is 23.8 Å². The molecule has 0 heterocycles. The number of hydrogen-bond acceptors (Lipinski definition) is 4. The molecule has 0 spiro atoms. The molecule has 0 bridgehead atoms. The number of para-hydroxylation sites is 1. The lowest BCUT2D eigenvalue weighted by Gasteiger charge is -2.13. The fourth-order valence-electron chi connectivity index (χ4n) is 1.82. The van der Waals surface area contributed by atoms with Gasteiger partial charge in [0.1, 0.15) is 0 Å². The minimum atomic E-state index is -0.0194. The average Bonchev–Trinajstić information content (AvgIpc) is 3.24. The van der Waals surface area contributed by atoms with Crippen molar-refractivity contribution < 1.29 is 19.1 Å². The molecule has 20 heavy (non-hydrogen) atoms. The van der Waals surface area contributed by atoms with Crippen LogP contribution in [0.2, 0.25) is 0 Å². The molecule has 0 radical (unpaired) electrons. The average molecular weight is 277 g/mol. The monoisotopic (exact) mass is 277 g/mol. The molecule has 5 heteroatoms. The van der Waals surface area contributed by atoms with E-state index in [1.807, 2.05) is 6.92 Å². The molecular weight excluding hydrogens is 258 g/mol. The number of amides is 1. The fraction of sp³-hybridized carbons (Fsp3) is 0.467. The maximum Gasteiger partial charge on any atom is 0.223 e. The Bertz CT molecular complexity index is 483. The Morgan fingerprint density at radius 1 is 1.40 bits per heavy atom. The highest BCUT2D eigenvalue weighted by molar-refractivity contribution is 5.81. The lowest BCUT2D eigenvalue weighted by molar-refractivity contribution is -0.121. The van der Waals surface area contributed by atoms with Crippen LogP contribution in [0, 0.1) is 0 Å². The van der Waals surface area contributed by atoms with E-state index in [2.05, 4.69) is 5.32 Å². The summed E-state index contributed by atoms with van der Waals surface area (Å²) in [4.78, 5) is 22.6. The van der Waals surface area contributed by atoms with Crippen LogP contribution in [0.5, 0.6) is 11.5 Å². The van der Waals surface area contributed by atoms with E-state index < -0.39 is 0 Å². The Hall–Kier alpha value is -2.04. The van der Waals surface area contributed by atoms with E-state index in [0.717, 1.165) is 19.1 Å².